The van der Waals surface area contributed by atoms with Crippen LogP contribution in [-0.2, 0) is 6.61 Å². The molecule has 4 rings (SSSR count). The molecule has 0 aliphatic rings. The summed E-state index contributed by atoms with van der Waals surface area (Å²) in [5.41, 5.74) is 2.13. The lowest BCUT2D eigenvalue weighted by Crippen LogP contribution is -1.99. The van der Waals surface area contributed by atoms with Gasteiger partial charge >= 0.3 is 0 Å². The second-order valence-corrected chi connectivity index (χ2v) is 6.86. The zero-order chi connectivity index (χ0) is 26.0. The summed E-state index contributed by atoms with van der Waals surface area (Å²) in [4.78, 5) is 12.9. The van der Waals surface area contributed by atoms with Crippen LogP contribution < -0.4 is 19.5 Å². The van der Waals surface area contributed by atoms with Gasteiger partial charge in [0, 0.05) is 17.5 Å². The number of aliphatic hydroxyl groups is 1. The van der Waals surface area contributed by atoms with Crippen LogP contribution in [-0.4, -0.2) is 46.0 Å². The molecule has 2 N–H and O–H groups in total. The molecule has 0 spiro atoms. The van der Waals surface area contributed by atoms with E-state index in [-0.39, 0.29) is 11.9 Å². The van der Waals surface area contributed by atoms with E-state index >= 15 is 0 Å². The molecular weight excluding hydrogens is 470 g/mol. The van der Waals surface area contributed by atoms with Crippen molar-refractivity contribution in [2.45, 2.75) is 34.3 Å². The fourth-order valence-electron chi connectivity index (χ4n) is 3.21. The van der Waals surface area contributed by atoms with Gasteiger partial charge in [0.1, 0.15) is 18.0 Å². The summed E-state index contributed by atoms with van der Waals surface area (Å²) in [5.74, 6) is 2.64. The van der Waals surface area contributed by atoms with Gasteiger partial charge in [-0.2, -0.15) is 4.98 Å². The normalized spacial score (nSPS) is 9.97. The first-order valence-electron chi connectivity index (χ1n) is 11.2. The minimum Gasteiger partial charge on any atom is -0.493 e. The smallest absolute Gasteiger partial charge is 0.224 e. The van der Waals surface area contributed by atoms with Crippen LogP contribution in [0.3, 0.4) is 0 Å². The Balaban J connectivity index is 0.00000103. The zero-order valence-electron chi connectivity index (χ0n) is 21.1. The van der Waals surface area contributed by atoms with Gasteiger partial charge in [0.15, 0.2) is 11.5 Å². The number of ether oxygens (including phenoxy) is 3. The molecule has 0 amide bonds. The molecule has 0 aliphatic carbocycles. The van der Waals surface area contributed by atoms with Crippen molar-refractivity contribution in [2.75, 3.05) is 26.6 Å². The molecule has 0 radical (unpaired) electrons. The Morgan fingerprint density at radius 3 is 2.17 bits per heavy atom. The highest BCUT2D eigenvalue weighted by Crippen LogP contribution is 2.39. The van der Waals surface area contributed by atoms with Gasteiger partial charge in [0.05, 0.1) is 45.3 Å². The van der Waals surface area contributed by atoms with E-state index in [9.17, 15) is 5.11 Å². The number of halogens is 1. The molecule has 0 unspecified atom stereocenters. The number of hydrogen-bond acceptors (Lipinski definition) is 8. The van der Waals surface area contributed by atoms with Gasteiger partial charge in [0.25, 0.3) is 0 Å². The number of aliphatic hydroxyl groups excluding tert-OH is 1. The van der Waals surface area contributed by atoms with Gasteiger partial charge in [-0.3, -0.25) is 0 Å². The third-order valence-electron chi connectivity index (χ3n) is 4.69. The highest BCUT2D eigenvalue weighted by Gasteiger charge is 2.15. The largest absolute Gasteiger partial charge is 0.493 e. The average molecular weight is 502 g/mol. The third-order valence-corrected chi connectivity index (χ3v) is 4.86. The van der Waals surface area contributed by atoms with Crippen LogP contribution in [0, 0.1) is 0 Å². The maximum atomic E-state index is 9.36. The number of hydrogen-bond donors (Lipinski definition) is 2. The molecule has 2 aromatic carbocycles. The molecule has 0 saturated heterocycles. The molecule has 0 bridgehead atoms. The first-order valence-corrected chi connectivity index (χ1v) is 11.6. The average Bonchev–Trinajstić information content (AvgIpc) is 3.38. The van der Waals surface area contributed by atoms with Crippen molar-refractivity contribution in [3.8, 4) is 22.9 Å². The monoisotopic (exact) mass is 501 g/mol. The molecule has 0 atom stereocenters. The number of nitrogens with zero attached hydrogens (tertiary/aromatic N) is 4. The lowest BCUT2D eigenvalue weighted by molar-refractivity contribution is 0.282. The first kappa shape index (κ1) is 27.7. The summed E-state index contributed by atoms with van der Waals surface area (Å²) < 4.78 is 18.0. The van der Waals surface area contributed by atoms with Crippen molar-refractivity contribution in [2.24, 2.45) is 0 Å². The third kappa shape index (κ3) is 6.32. The van der Waals surface area contributed by atoms with Crippen LogP contribution >= 0.6 is 11.6 Å². The lowest BCUT2D eigenvalue weighted by atomic mass is 10.1. The molecule has 0 fully saturated rings. The Hall–Kier alpha value is -3.56. The number of aromatic nitrogens is 4. The van der Waals surface area contributed by atoms with Crippen molar-refractivity contribution in [1.82, 2.24) is 19.5 Å². The second kappa shape index (κ2) is 13.4. The van der Waals surface area contributed by atoms with Crippen LogP contribution in [0.15, 0.2) is 42.9 Å². The van der Waals surface area contributed by atoms with E-state index in [2.05, 4.69) is 20.3 Å². The van der Waals surface area contributed by atoms with Crippen molar-refractivity contribution >= 4 is 34.1 Å². The van der Waals surface area contributed by atoms with Crippen LogP contribution in [0.1, 0.15) is 33.3 Å². The fourth-order valence-corrected chi connectivity index (χ4v) is 3.38. The Morgan fingerprint density at radius 1 is 0.943 bits per heavy atom. The number of methoxy groups -OCH3 is 3. The highest BCUT2D eigenvalue weighted by molar-refractivity contribution is 6.28. The zero-order valence-corrected chi connectivity index (χ0v) is 21.8. The van der Waals surface area contributed by atoms with Crippen LogP contribution in [0.5, 0.6) is 17.2 Å². The van der Waals surface area contributed by atoms with Gasteiger partial charge in [-0.25, -0.2) is 9.97 Å². The Bertz CT molecular complexity index is 1220. The highest BCUT2D eigenvalue weighted by atomic mass is 35.5. The predicted molar refractivity (Wildman–Crippen MR) is 140 cm³/mol. The standard InChI is InChI=1S/C21H20ClN5O4.2C2H6/c1-29-16-7-13(8-17(30-2)19(16)31-3)27-9-18(23-11-27)25-20-14-5-4-12(10-28)6-15(14)24-21(22)26-20;2*1-2/h4-9,11,28H,10H2,1-3H3,(H,24,25,26);2*1-2H3. The lowest BCUT2D eigenvalue weighted by Gasteiger charge is -2.14. The summed E-state index contributed by atoms with van der Waals surface area (Å²) >= 11 is 6.09. The predicted octanol–water partition coefficient (Wildman–Crippen LogP) is 5.78. The quantitative estimate of drug-likeness (QED) is 0.307. The first-order chi connectivity index (χ1) is 17.1. The van der Waals surface area contributed by atoms with Gasteiger partial charge in [0.2, 0.25) is 11.0 Å². The van der Waals surface area contributed by atoms with Crippen LogP contribution in [0.25, 0.3) is 16.6 Å². The van der Waals surface area contributed by atoms with Crippen LogP contribution in [0.2, 0.25) is 5.28 Å². The minimum absolute atomic E-state index is 0.0838. The maximum Gasteiger partial charge on any atom is 0.224 e. The molecule has 2 aromatic heterocycles. The number of fused-ring (bicyclic) bond motifs is 1. The summed E-state index contributed by atoms with van der Waals surface area (Å²) in [6.45, 7) is 7.92. The number of rotatable bonds is 7. The van der Waals surface area contributed by atoms with E-state index in [4.69, 9.17) is 25.8 Å². The molecule has 0 aliphatic heterocycles. The summed E-state index contributed by atoms with van der Waals surface area (Å²) in [6, 6.07) is 9.04. The van der Waals surface area contributed by atoms with E-state index in [0.717, 1.165) is 16.6 Å². The molecule has 9 nitrogen and oxygen atoms in total. The summed E-state index contributed by atoms with van der Waals surface area (Å²) in [7, 11) is 4.68. The van der Waals surface area contributed by atoms with Crippen molar-refractivity contribution in [3.05, 3.63) is 53.7 Å². The van der Waals surface area contributed by atoms with Crippen molar-refractivity contribution in [3.63, 3.8) is 0 Å². The molecular formula is C25H32ClN5O4. The molecule has 4 aromatic rings. The molecule has 35 heavy (non-hydrogen) atoms. The van der Waals surface area contributed by atoms with Crippen molar-refractivity contribution in [1.29, 1.82) is 0 Å². The van der Waals surface area contributed by atoms with Gasteiger partial charge in [-0.15, -0.1) is 0 Å². The topological polar surface area (TPSA) is 104 Å². The van der Waals surface area contributed by atoms with E-state index in [1.807, 2.05) is 50.5 Å². The molecule has 2 heterocycles. The number of anilines is 2. The van der Waals surface area contributed by atoms with Crippen LogP contribution in [0.4, 0.5) is 11.6 Å². The second-order valence-electron chi connectivity index (χ2n) is 6.53. The van der Waals surface area contributed by atoms with Crippen molar-refractivity contribution < 1.29 is 19.3 Å². The summed E-state index contributed by atoms with van der Waals surface area (Å²) in [6.07, 6.45) is 3.45. The number of imidazole rings is 1. The fraction of sp³-hybridized carbons (Fsp3) is 0.320. The number of benzene rings is 2. The van der Waals surface area contributed by atoms with E-state index < -0.39 is 0 Å². The van der Waals surface area contributed by atoms with E-state index in [1.165, 1.54) is 0 Å². The SMILES string of the molecule is CC.CC.COc1cc(-n2cnc(Nc3nc(Cl)nc4cc(CO)ccc34)c2)cc(OC)c1OC. The Kier molecular flexibility index (Phi) is 10.6. The van der Waals surface area contributed by atoms with Gasteiger partial charge in [-0.05, 0) is 29.3 Å². The summed E-state index contributed by atoms with van der Waals surface area (Å²) in [5, 5.41) is 13.4. The molecule has 10 heteroatoms. The van der Waals surface area contributed by atoms with Gasteiger partial charge < -0.3 is 29.2 Å². The number of nitrogens with one attached hydrogen (secondary N) is 1. The maximum absolute atomic E-state index is 9.36. The van der Waals surface area contributed by atoms with Gasteiger partial charge in [-0.1, -0.05) is 33.8 Å². The Labute approximate surface area is 210 Å². The molecule has 0 saturated carbocycles. The van der Waals surface area contributed by atoms with E-state index in [1.54, 1.807) is 46.0 Å². The molecule has 188 valence electrons. The van der Waals surface area contributed by atoms with E-state index in [0.29, 0.717) is 34.4 Å². The minimum atomic E-state index is -0.0838. The Morgan fingerprint density at radius 2 is 1.60 bits per heavy atom.